The number of aryl methyl sites for hydroxylation is 3. The molecule has 1 nitrogen and oxygen atoms in total. The van der Waals surface area contributed by atoms with Crippen molar-refractivity contribution in [2.75, 3.05) is 0 Å². The zero-order valence-corrected chi connectivity index (χ0v) is 12.6. The van der Waals surface area contributed by atoms with Crippen LogP contribution in [0.4, 0.5) is 0 Å². The summed E-state index contributed by atoms with van der Waals surface area (Å²) in [5.74, 6) is 0. The summed E-state index contributed by atoms with van der Waals surface area (Å²) in [6.45, 7) is 4.30. The van der Waals surface area contributed by atoms with Gasteiger partial charge in [0.25, 0.3) is 0 Å². The van der Waals surface area contributed by atoms with E-state index in [2.05, 4.69) is 62.4 Å². The monoisotopic (exact) mass is 267 g/mol. The first-order chi connectivity index (χ1) is 9.67. The predicted molar refractivity (Wildman–Crippen MR) is 87.0 cm³/mol. The molecule has 0 amide bonds. The lowest BCUT2D eigenvalue weighted by Crippen LogP contribution is -2.23. The Kier molecular flexibility index (Phi) is 5.37. The lowest BCUT2D eigenvalue weighted by molar-refractivity contribution is 0.610. The number of hydrogen-bond acceptors (Lipinski definition) is 1. The van der Waals surface area contributed by atoms with Crippen molar-refractivity contribution in [1.82, 2.24) is 0 Å². The van der Waals surface area contributed by atoms with Gasteiger partial charge in [-0.3, -0.25) is 0 Å². The first-order valence-electron chi connectivity index (χ1n) is 7.56. The van der Waals surface area contributed by atoms with E-state index in [1.54, 1.807) is 0 Å². The summed E-state index contributed by atoms with van der Waals surface area (Å²) in [5, 5.41) is 0. The zero-order valence-electron chi connectivity index (χ0n) is 12.6. The van der Waals surface area contributed by atoms with Gasteiger partial charge in [0.1, 0.15) is 0 Å². The van der Waals surface area contributed by atoms with Crippen LogP contribution in [0.25, 0.3) is 0 Å². The maximum atomic E-state index is 6.25. The van der Waals surface area contributed by atoms with Crippen LogP contribution in [0.15, 0.2) is 48.5 Å². The fraction of sp³-hybridized carbons (Fsp3) is 0.368. The van der Waals surface area contributed by atoms with E-state index in [1.165, 1.54) is 22.3 Å². The summed E-state index contributed by atoms with van der Waals surface area (Å²) in [5.41, 5.74) is 11.7. The molecule has 0 aliphatic rings. The molecule has 0 aliphatic heterocycles. The molecule has 0 aliphatic carbocycles. The normalized spacial score (nSPS) is 12.3. The van der Waals surface area contributed by atoms with E-state index in [-0.39, 0.29) is 6.04 Å². The average Bonchev–Trinajstić information content (AvgIpc) is 2.47. The Hall–Kier alpha value is -1.60. The highest BCUT2D eigenvalue weighted by Crippen LogP contribution is 2.11. The van der Waals surface area contributed by atoms with Gasteiger partial charge in [0.05, 0.1) is 0 Å². The first kappa shape index (κ1) is 14.8. The topological polar surface area (TPSA) is 26.0 Å². The van der Waals surface area contributed by atoms with Crippen molar-refractivity contribution in [2.45, 2.75) is 45.6 Å². The van der Waals surface area contributed by atoms with Gasteiger partial charge in [-0.2, -0.15) is 0 Å². The van der Waals surface area contributed by atoms with Crippen LogP contribution in [0.2, 0.25) is 0 Å². The highest BCUT2D eigenvalue weighted by atomic mass is 14.6. The van der Waals surface area contributed by atoms with Crippen molar-refractivity contribution in [3.63, 3.8) is 0 Å². The van der Waals surface area contributed by atoms with Gasteiger partial charge in [-0.15, -0.1) is 0 Å². The molecule has 0 heterocycles. The van der Waals surface area contributed by atoms with Crippen molar-refractivity contribution in [3.05, 3.63) is 70.8 Å². The van der Waals surface area contributed by atoms with Gasteiger partial charge in [-0.1, -0.05) is 61.0 Å². The molecule has 106 valence electrons. The second-order valence-electron chi connectivity index (χ2n) is 5.66. The number of nitrogens with two attached hydrogens (primary N) is 1. The molecule has 1 unspecified atom stereocenters. The molecule has 0 radical (unpaired) electrons. The minimum Gasteiger partial charge on any atom is -0.327 e. The van der Waals surface area contributed by atoms with Crippen molar-refractivity contribution >= 4 is 0 Å². The average molecular weight is 267 g/mol. The van der Waals surface area contributed by atoms with E-state index >= 15 is 0 Å². The van der Waals surface area contributed by atoms with Gasteiger partial charge in [0, 0.05) is 6.04 Å². The molecular formula is C19H25N. The smallest absolute Gasteiger partial charge is 0.00824 e. The number of benzene rings is 2. The maximum absolute atomic E-state index is 6.25. The Morgan fingerprint density at radius 2 is 1.40 bits per heavy atom. The van der Waals surface area contributed by atoms with Crippen LogP contribution in [-0.2, 0) is 19.3 Å². The van der Waals surface area contributed by atoms with E-state index in [1.807, 2.05) is 0 Å². The van der Waals surface area contributed by atoms with Crippen LogP contribution < -0.4 is 5.73 Å². The Bertz CT molecular complexity index is 510. The molecule has 20 heavy (non-hydrogen) atoms. The molecule has 2 rings (SSSR count). The van der Waals surface area contributed by atoms with Crippen molar-refractivity contribution in [3.8, 4) is 0 Å². The summed E-state index contributed by atoms with van der Waals surface area (Å²) in [6, 6.07) is 17.8. The number of hydrogen-bond donors (Lipinski definition) is 1. The summed E-state index contributed by atoms with van der Waals surface area (Å²) >= 11 is 0. The second kappa shape index (κ2) is 7.25. The molecule has 1 atom stereocenters. The van der Waals surface area contributed by atoms with Crippen molar-refractivity contribution in [1.29, 1.82) is 0 Å². The Balaban J connectivity index is 1.82. The van der Waals surface area contributed by atoms with E-state index in [0.717, 1.165) is 25.7 Å². The van der Waals surface area contributed by atoms with Gasteiger partial charge in [-0.05, 0) is 49.3 Å². The summed E-state index contributed by atoms with van der Waals surface area (Å²) in [6.07, 6.45) is 4.17. The zero-order chi connectivity index (χ0) is 14.4. The minimum absolute atomic E-state index is 0.240. The molecular weight excluding hydrogens is 242 g/mol. The Morgan fingerprint density at radius 3 is 2.00 bits per heavy atom. The van der Waals surface area contributed by atoms with E-state index in [0.29, 0.717) is 0 Å². The Morgan fingerprint density at radius 1 is 0.850 bits per heavy atom. The fourth-order valence-electron chi connectivity index (χ4n) is 2.42. The third-order valence-electron chi connectivity index (χ3n) is 3.85. The summed E-state index contributed by atoms with van der Waals surface area (Å²) in [7, 11) is 0. The summed E-state index contributed by atoms with van der Waals surface area (Å²) < 4.78 is 0. The van der Waals surface area contributed by atoms with Crippen molar-refractivity contribution < 1.29 is 0 Å². The van der Waals surface area contributed by atoms with Crippen LogP contribution in [0.3, 0.4) is 0 Å². The van der Waals surface area contributed by atoms with Crippen LogP contribution >= 0.6 is 0 Å². The Labute approximate surface area is 122 Å². The second-order valence-corrected chi connectivity index (χ2v) is 5.66. The highest BCUT2D eigenvalue weighted by Gasteiger charge is 2.05. The molecule has 0 saturated carbocycles. The van der Waals surface area contributed by atoms with Crippen LogP contribution in [-0.4, -0.2) is 6.04 Å². The van der Waals surface area contributed by atoms with Gasteiger partial charge >= 0.3 is 0 Å². The van der Waals surface area contributed by atoms with Gasteiger partial charge in [-0.25, -0.2) is 0 Å². The predicted octanol–water partition coefficient (Wildman–Crippen LogP) is 4.06. The minimum atomic E-state index is 0.240. The van der Waals surface area contributed by atoms with Crippen molar-refractivity contribution in [2.24, 2.45) is 5.73 Å². The molecule has 0 saturated heterocycles. The SMILES string of the molecule is CCc1ccc(CC(N)CCc2ccc(C)cc2)cc1. The summed E-state index contributed by atoms with van der Waals surface area (Å²) in [4.78, 5) is 0. The van der Waals surface area contributed by atoms with E-state index in [9.17, 15) is 0 Å². The third kappa shape index (κ3) is 4.50. The van der Waals surface area contributed by atoms with E-state index in [4.69, 9.17) is 5.73 Å². The molecule has 2 aromatic carbocycles. The third-order valence-corrected chi connectivity index (χ3v) is 3.85. The molecule has 2 aromatic rings. The number of rotatable bonds is 6. The fourth-order valence-corrected chi connectivity index (χ4v) is 2.42. The van der Waals surface area contributed by atoms with Crippen LogP contribution in [0.5, 0.6) is 0 Å². The van der Waals surface area contributed by atoms with Crippen LogP contribution in [0.1, 0.15) is 35.6 Å². The van der Waals surface area contributed by atoms with Gasteiger partial charge in [0.2, 0.25) is 0 Å². The largest absolute Gasteiger partial charge is 0.327 e. The van der Waals surface area contributed by atoms with Crippen LogP contribution in [0, 0.1) is 6.92 Å². The lowest BCUT2D eigenvalue weighted by Gasteiger charge is -2.12. The first-order valence-corrected chi connectivity index (χ1v) is 7.56. The quantitative estimate of drug-likeness (QED) is 0.839. The van der Waals surface area contributed by atoms with Gasteiger partial charge < -0.3 is 5.73 Å². The molecule has 0 bridgehead atoms. The molecule has 0 aromatic heterocycles. The lowest BCUT2D eigenvalue weighted by atomic mass is 9.98. The van der Waals surface area contributed by atoms with E-state index < -0.39 is 0 Å². The maximum Gasteiger partial charge on any atom is 0.00824 e. The standard InChI is InChI=1S/C19H25N/c1-3-16-8-10-18(11-9-16)14-19(20)13-12-17-6-4-15(2)5-7-17/h4-11,19H,3,12-14,20H2,1-2H3. The highest BCUT2D eigenvalue weighted by molar-refractivity contribution is 5.24. The molecule has 0 fully saturated rings. The molecule has 1 heteroatoms. The van der Waals surface area contributed by atoms with Gasteiger partial charge in [0.15, 0.2) is 0 Å². The molecule has 2 N–H and O–H groups in total. The molecule has 0 spiro atoms.